The number of benzene rings is 1. The van der Waals surface area contributed by atoms with Crippen LogP contribution in [0.2, 0.25) is 0 Å². The second-order valence-corrected chi connectivity index (χ2v) is 5.19. The van der Waals surface area contributed by atoms with Gasteiger partial charge in [0.25, 0.3) is 0 Å². The van der Waals surface area contributed by atoms with Gasteiger partial charge in [0.1, 0.15) is 5.52 Å². The molecule has 4 heteroatoms. The van der Waals surface area contributed by atoms with Crippen LogP contribution < -0.4 is 0 Å². The van der Waals surface area contributed by atoms with Gasteiger partial charge in [-0.2, -0.15) is 0 Å². The molecule has 1 aromatic carbocycles. The molecular formula is C14H18N2O2. The van der Waals surface area contributed by atoms with Gasteiger partial charge < -0.3 is 9.52 Å². The number of aliphatic hydroxyl groups is 1. The van der Waals surface area contributed by atoms with Crippen LogP contribution in [0.1, 0.15) is 25.7 Å². The summed E-state index contributed by atoms with van der Waals surface area (Å²) in [6, 6.07) is 7.78. The van der Waals surface area contributed by atoms with Gasteiger partial charge in [0, 0.05) is 13.1 Å². The first-order valence-corrected chi connectivity index (χ1v) is 6.48. The second-order valence-electron chi connectivity index (χ2n) is 5.19. The van der Waals surface area contributed by atoms with E-state index in [2.05, 4.69) is 16.8 Å². The minimum Gasteiger partial charge on any atom is -0.439 e. The van der Waals surface area contributed by atoms with Crippen molar-refractivity contribution in [3.63, 3.8) is 0 Å². The molecule has 1 saturated heterocycles. The standard InChI is InChI=1S/C14H18N2O2/c1-2-7-14(17)9-16(10-14)8-13-15-11-5-3-4-6-12(11)18-13/h3-6,17H,2,7-10H2,1H3. The van der Waals surface area contributed by atoms with Gasteiger partial charge in [-0.05, 0) is 18.6 Å². The van der Waals surface area contributed by atoms with Crippen LogP contribution in [0.3, 0.4) is 0 Å². The number of likely N-dealkylation sites (tertiary alicyclic amines) is 1. The molecular weight excluding hydrogens is 228 g/mol. The maximum Gasteiger partial charge on any atom is 0.209 e. The molecule has 18 heavy (non-hydrogen) atoms. The maximum absolute atomic E-state index is 10.1. The van der Waals surface area contributed by atoms with Crippen LogP contribution >= 0.6 is 0 Å². The number of para-hydroxylation sites is 2. The van der Waals surface area contributed by atoms with Crippen LogP contribution in [0.25, 0.3) is 11.1 Å². The number of aromatic nitrogens is 1. The number of hydrogen-bond acceptors (Lipinski definition) is 4. The summed E-state index contributed by atoms with van der Waals surface area (Å²) in [6.45, 7) is 4.22. The minimum atomic E-state index is -0.485. The minimum absolute atomic E-state index is 0.485. The van der Waals surface area contributed by atoms with Crippen molar-refractivity contribution in [1.29, 1.82) is 0 Å². The summed E-state index contributed by atoms with van der Waals surface area (Å²) in [5.74, 6) is 0.731. The normalized spacial score (nSPS) is 19.0. The Balaban J connectivity index is 1.64. The lowest BCUT2D eigenvalue weighted by Gasteiger charge is -2.46. The van der Waals surface area contributed by atoms with Crippen molar-refractivity contribution in [2.45, 2.75) is 31.9 Å². The van der Waals surface area contributed by atoms with Crippen LogP contribution in [0.5, 0.6) is 0 Å². The second kappa shape index (κ2) is 4.37. The Hall–Kier alpha value is -1.39. The first-order valence-electron chi connectivity index (χ1n) is 6.48. The van der Waals surface area contributed by atoms with Crippen molar-refractivity contribution in [2.24, 2.45) is 0 Å². The highest BCUT2D eigenvalue weighted by Crippen LogP contribution is 2.27. The van der Waals surface area contributed by atoms with E-state index in [9.17, 15) is 5.11 Å². The number of fused-ring (bicyclic) bond motifs is 1. The van der Waals surface area contributed by atoms with E-state index in [1.165, 1.54) is 0 Å². The smallest absolute Gasteiger partial charge is 0.209 e. The molecule has 2 heterocycles. The summed E-state index contributed by atoms with van der Waals surface area (Å²) in [5.41, 5.74) is 1.24. The highest BCUT2D eigenvalue weighted by atomic mass is 16.3. The van der Waals surface area contributed by atoms with Crippen molar-refractivity contribution >= 4 is 11.1 Å². The van der Waals surface area contributed by atoms with Gasteiger partial charge in [-0.1, -0.05) is 25.5 Å². The van der Waals surface area contributed by atoms with Crippen molar-refractivity contribution in [2.75, 3.05) is 13.1 Å². The first-order chi connectivity index (χ1) is 8.68. The van der Waals surface area contributed by atoms with Gasteiger partial charge in [-0.3, -0.25) is 4.90 Å². The zero-order valence-corrected chi connectivity index (χ0v) is 10.6. The SMILES string of the molecule is CCCC1(O)CN(Cc2nc3ccccc3o2)C1. The molecule has 3 rings (SSSR count). The molecule has 0 radical (unpaired) electrons. The molecule has 0 amide bonds. The molecule has 0 aliphatic carbocycles. The average Bonchev–Trinajstić information content (AvgIpc) is 2.69. The van der Waals surface area contributed by atoms with E-state index >= 15 is 0 Å². The Morgan fingerprint density at radius 1 is 1.39 bits per heavy atom. The predicted molar refractivity (Wildman–Crippen MR) is 69.1 cm³/mol. The topological polar surface area (TPSA) is 49.5 Å². The monoisotopic (exact) mass is 246 g/mol. The lowest BCUT2D eigenvalue weighted by atomic mass is 9.89. The molecule has 1 N–H and O–H groups in total. The van der Waals surface area contributed by atoms with Crippen molar-refractivity contribution in [1.82, 2.24) is 9.88 Å². The third-order valence-electron chi connectivity index (χ3n) is 3.45. The van der Waals surface area contributed by atoms with Gasteiger partial charge in [-0.15, -0.1) is 0 Å². The largest absolute Gasteiger partial charge is 0.439 e. The molecule has 0 atom stereocenters. The highest BCUT2D eigenvalue weighted by molar-refractivity contribution is 5.72. The van der Waals surface area contributed by atoms with Gasteiger partial charge in [0.15, 0.2) is 5.58 Å². The zero-order chi connectivity index (χ0) is 12.6. The summed E-state index contributed by atoms with van der Waals surface area (Å²) >= 11 is 0. The number of nitrogens with zero attached hydrogens (tertiary/aromatic N) is 2. The van der Waals surface area contributed by atoms with Crippen molar-refractivity contribution in [3.8, 4) is 0 Å². The number of oxazole rings is 1. The Labute approximate surface area is 106 Å². The maximum atomic E-state index is 10.1. The molecule has 0 saturated carbocycles. The molecule has 1 aliphatic rings. The quantitative estimate of drug-likeness (QED) is 0.898. The third kappa shape index (κ3) is 2.13. The molecule has 4 nitrogen and oxygen atoms in total. The molecule has 0 spiro atoms. The lowest BCUT2D eigenvalue weighted by molar-refractivity contribution is -0.108. The van der Waals surface area contributed by atoms with E-state index in [0.29, 0.717) is 6.54 Å². The van der Waals surface area contributed by atoms with E-state index < -0.39 is 5.60 Å². The van der Waals surface area contributed by atoms with Crippen LogP contribution in [0.4, 0.5) is 0 Å². The molecule has 1 aliphatic heterocycles. The summed E-state index contributed by atoms with van der Waals surface area (Å²) in [6.07, 6.45) is 1.89. The molecule has 96 valence electrons. The lowest BCUT2D eigenvalue weighted by Crippen LogP contribution is -2.60. The van der Waals surface area contributed by atoms with Crippen LogP contribution in [0.15, 0.2) is 28.7 Å². The Morgan fingerprint density at radius 3 is 2.89 bits per heavy atom. The van der Waals surface area contributed by atoms with E-state index in [-0.39, 0.29) is 0 Å². The van der Waals surface area contributed by atoms with E-state index in [4.69, 9.17) is 4.42 Å². The fourth-order valence-electron chi connectivity index (χ4n) is 2.70. The summed E-state index contributed by atoms with van der Waals surface area (Å²) in [7, 11) is 0. The Kier molecular flexibility index (Phi) is 2.84. The molecule has 0 bridgehead atoms. The fraction of sp³-hybridized carbons (Fsp3) is 0.500. The van der Waals surface area contributed by atoms with Gasteiger partial charge in [0.05, 0.1) is 12.1 Å². The molecule has 0 unspecified atom stereocenters. The van der Waals surface area contributed by atoms with Crippen molar-refractivity contribution < 1.29 is 9.52 Å². The third-order valence-corrected chi connectivity index (χ3v) is 3.45. The molecule has 1 fully saturated rings. The zero-order valence-electron chi connectivity index (χ0n) is 10.6. The van der Waals surface area contributed by atoms with Gasteiger partial charge in [-0.25, -0.2) is 4.98 Å². The van der Waals surface area contributed by atoms with Gasteiger partial charge in [0.2, 0.25) is 5.89 Å². The van der Waals surface area contributed by atoms with Gasteiger partial charge >= 0.3 is 0 Å². The molecule has 2 aromatic rings. The van der Waals surface area contributed by atoms with Crippen molar-refractivity contribution in [3.05, 3.63) is 30.2 Å². The summed E-state index contributed by atoms with van der Waals surface area (Å²) < 4.78 is 5.67. The average molecular weight is 246 g/mol. The van der Waals surface area contributed by atoms with E-state index in [1.807, 2.05) is 24.3 Å². The predicted octanol–water partition coefficient (Wildman–Crippen LogP) is 2.17. The number of β-amino-alcohol motifs (C(OH)–C–C–N with tert-alkyl or cyclic N) is 1. The van der Waals surface area contributed by atoms with E-state index in [0.717, 1.165) is 42.9 Å². The molecule has 1 aromatic heterocycles. The summed E-state index contributed by atoms with van der Waals surface area (Å²) in [4.78, 5) is 6.61. The Morgan fingerprint density at radius 2 is 2.17 bits per heavy atom. The van der Waals surface area contributed by atoms with E-state index in [1.54, 1.807) is 0 Å². The Bertz CT molecular complexity index is 510. The number of hydrogen-bond donors (Lipinski definition) is 1. The highest BCUT2D eigenvalue weighted by Gasteiger charge is 2.40. The fourth-order valence-corrected chi connectivity index (χ4v) is 2.70. The summed E-state index contributed by atoms with van der Waals surface area (Å²) in [5, 5.41) is 10.1. The number of rotatable bonds is 4. The first kappa shape index (κ1) is 11.7. The van der Waals surface area contributed by atoms with Crippen LogP contribution in [0, 0.1) is 0 Å². The van der Waals surface area contributed by atoms with Crippen LogP contribution in [-0.2, 0) is 6.54 Å². The van der Waals surface area contributed by atoms with Crippen LogP contribution in [-0.4, -0.2) is 33.7 Å².